The maximum Gasteiger partial charge on any atom is 0.340 e. The van der Waals surface area contributed by atoms with Crippen molar-refractivity contribution in [3.63, 3.8) is 0 Å². The minimum atomic E-state index is -0.514. The van der Waals surface area contributed by atoms with Crippen LogP contribution in [0.3, 0.4) is 0 Å². The van der Waals surface area contributed by atoms with Gasteiger partial charge in [0.15, 0.2) is 0 Å². The second-order valence-corrected chi connectivity index (χ2v) is 3.94. The van der Waals surface area contributed by atoms with E-state index < -0.39 is 12.3 Å². The van der Waals surface area contributed by atoms with Gasteiger partial charge >= 0.3 is 5.97 Å². The predicted octanol–water partition coefficient (Wildman–Crippen LogP) is 2.14. The molecule has 0 bridgehead atoms. The number of ether oxygens (including phenoxy) is 1. The van der Waals surface area contributed by atoms with Crippen LogP contribution < -0.4 is 5.48 Å². The van der Waals surface area contributed by atoms with E-state index in [-0.39, 0.29) is 0 Å². The van der Waals surface area contributed by atoms with Crippen LogP contribution in [0.4, 0.5) is 0 Å². The first-order valence-corrected chi connectivity index (χ1v) is 5.48. The number of nitrogens with one attached hydrogen (secondary N) is 1. The van der Waals surface area contributed by atoms with Gasteiger partial charge in [0.25, 0.3) is 0 Å². The van der Waals surface area contributed by atoms with Crippen LogP contribution >= 0.6 is 11.6 Å². The van der Waals surface area contributed by atoms with Crippen molar-refractivity contribution in [3.8, 4) is 0 Å². The standard InChI is InChI=1S/C11H12ClNO3/c12-9-4-1-3-8(7-9)11(14)15-10-5-2-6-13-16-10/h1,3-4,7,10,13H,2,5-6H2/t10-/m0/s1. The van der Waals surface area contributed by atoms with E-state index in [0.717, 1.165) is 13.0 Å². The van der Waals surface area contributed by atoms with Gasteiger partial charge in [0.05, 0.1) is 5.56 Å². The van der Waals surface area contributed by atoms with Gasteiger partial charge in [-0.2, -0.15) is 5.48 Å². The van der Waals surface area contributed by atoms with E-state index in [1.165, 1.54) is 0 Å². The summed E-state index contributed by atoms with van der Waals surface area (Å²) in [7, 11) is 0. The van der Waals surface area contributed by atoms with Crippen molar-refractivity contribution in [2.45, 2.75) is 19.1 Å². The van der Waals surface area contributed by atoms with Gasteiger partial charge in [0, 0.05) is 18.0 Å². The lowest BCUT2D eigenvalue weighted by atomic mass is 10.2. The third-order valence-corrected chi connectivity index (χ3v) is 2.47. The van der Waals surface area contributed by atoms with Crippen molar-refractivity contribution in [3.05, 3.63) is 34.9 Å². The highest BCUT2D eigenvalue weighted by Crippen LogP contribution is 2.14. The first-order chi connectivity index (χ1) is 7.75. The highest BCUT2D eigenvalue weighted by Gasteiger charge is 2.19. The second-order valence-electron chi connectivity index (χ2n) is 3.50. The van der Waals surface area contributed by atoms with Gasteiger partial charge in [0.2, 0.25) is 6.29 Å². The summed E-state index contributed by atoms with van der Waals surface area (Å²) in [5.41, 5.74) is 3.13. The molecule has 0 unspecified atom stereocenters. The zero-order chi connectivity index (χ0) is 11.4. The van der Waals surface area contributed by atoms with Crippen LogP contribution in [0.25, 0.3) is 0 Å². The minimum absolute atomic E-state index is 0.420. The number of hydrogen-bond acceptors (Lipinski definition) is 4. The van der Waals surface area contributed by atoms with Gasteiger partial charge in [-0.3, -0.25) is 4.84 Å². The summed E-state index contributed by atoms with van der Waals surface area (Å²) in [6.07, 6.45) is 1.12. The Labute approximate surface area is 98.4 Å². The van der Waals surface area contributed by atoms with Crippen molar-refractivity contribution >= 4 is 17.6 Å². The summed E-state index contributed by atoms with van der Waals surface area (Å²) in [4.78, 5) is 16.8. The monoisotopic (exact) mass is 241 g/mol. The fraction of sp³-hybridized carbons (Fsp3) is 0.364. The quantitative estimate of drug-likeness (QED) is 0.806. The number of carbonyl (C=O) groups is 1. The van der Waals surface area contributed by atoms with Gasteiger partial charge in [-0.25, -0.2) is 4.79 Å². The molecule has 1 saturated heterocycles. The van der Waals surface area contributed by atoms with Crippen LogP contribution in [0, 0.1) is 0 Å². The SMILES string of the molecule is O=C(O[C@@H]1CCCNO1)c1cccc(Cl)c1. The molecule has 2 rings (SSSR count). The number of hydroxylamine groups is 1. The summed E-state index contributed by atoms with van der Waals surface area (Å²) in [6, 6.07) is 6.64. The highest BCUT2D eigenvalue weighted by atomic mass is 35.5. The Kier molecular flexibility index (Phi) is 3.77. The van der Waals surface area contributed by atoms with Crippen LogP contribution in [-0.2, 0) is 9.57 Å². The largest absolute Gasteiger partial charge is 0.430 e. The number of rotatable bonds is 2. The molecule has 1 aliphatic rings. The molecule has 0 radical (unpaired) electrons. The first-order valence-electron chi connectivity index (χ1n) is 5.11. The highest BCUT2D eigenvalue weighted by molar-refractivity contribution is 6.30. The predicted molar refractivity (Wildman–Crippen MR) is 59.0 cm³/mol. The van der Waals surface area contributed by atoms with Crippen molar-refractivity contribution < 1.29 is 14.4 Å². The Morgan fingerprint density at radius 2 is 2.44 bits per heavy atom. The average Bonchev–Trinajstić information content (AvgIpc) is 2.30. The summed E-state index contributed by atoms with van der Waals surface area (Å²) in [5, 5.41) is 0.511. The average molecular weight is 242 g/mol. The van der Waals surface area contributed by atoms with Crippen molar-refractivity contribution in [2.24, 2.45) is 0 Å². The summed E-state index contributed by atoms with van der Waals surface area (Å²) < 4.78 is 5.15. The van der Waals surface area contributed by atoms with E-state index in [4.69, 9.17) is 21.2 Å². The number of hydrogen-bond donors (Lipinski definition) is 1. The molecule has 0 spiro atoms. The molecule has 1 aliphatic heterocycles. The molecule has 1 atom stereocenters. The zero-order valence-corrected chi connectivity index (χ0v) is 9.37. The number of benzene rings is 1. The van der Waals surface area contributed by atoms with Crippen molar-refractivity contribution in [2.75, 3.05) is 6.54 Å². The van der Waals surface area contributed by atoms with E-state index in [2.05, 4.69) is 5.48 Å². The molecule has 16 heavy (non-hydrogen) atoms. The number of carbonyl (C=O) groups excluding carboxylic acids is 1. The Morgan fingerprint density at radius 3 is 3.12 bits per heavy atom. The molecule has 0 aromatic heterocycles. The molecular weight excluding hydrogens is 230 g/mol. The summed E-state index contributed by atoms with van der Waals surface area (Å²) >= 11 is 5.78. The number of halogens is 1. The lowest BCUT2D eigenvalue weighted by Crippen LogP contribution is -2.34. The summed E-state index contributed by atoms with van der Waals surface area (Å²) in [6.45, 7) is 0.783. The molecule has 0 amide bonds. The lowest BCUT2D eigenvalue weighted by Gasteiger charge is -2.22. The molecule has 1 aromatic rings. The molecule has 0 aliphatic carbocycles. The first kappa shape index (κ1) is 11.4. The topological polar surface area (TPSA) is 47.6 Å². The van der Waals surface area contributed by atoms with E-state index in [9.17, 15) is 4.79 Å². The van der Waals surface area contributed by atoms with Crippen molar-refractivity contribution in [1.29, 1.82) is 0 Å². The van der Waals surface area contributed by atoms with Gasteiger partial charge in [-0.15, -0.1) is 0 Å². The molecule has 86 valence electrons. The van der Waals surface area contributed by atoms with Crippen LogP contribution in [0.2, 0.25) is 5.02 Å². The Morgan fingerprint density at radius 1 is 1.56 bits per heavy atom. The number of esters is 1. The van der Waals surface area contributed by atoms with E-state index >= 15 is 0 Å². The smallest absolute Gasteiger partial charge is 0.340 e. The molecule has 0 saturated carbocycles. The molecule has 1 heterocycles. The van der Waals surface area contributed by atoms with Crippen LogP contribution in [0.5, 0.6) is 0 Å². The third-order valence-electron chi connectivity index (χ3n) is 2.23. The lowest BCUT2D eigenvalue weighted by molar-refractivity contribution is -0.172. The maximum atomic E-state index is 11.7. The van der Waals surface area contributed by atoms with Gasteiger partial charge in [-0.05, 0) is 24.6 Å². The van der Waals surface area contributed by atoms with Crippen LogP contribution in [0.15, 0.2) is 24.3 Å². The summed E-state index contributed by atoms with van der Waals surface area (Å²) in [5.74, 6) is -0.420. The fourth-order valence-electron chi connectivity index (χ4n) is 1.44. The van der Waals surface area contributed by atoms with Gasteiger partial charge < -0.3 is 4.74 Å². The molecule has 5 heteroatoms. The molecular formula is C11H12ClNO3. The Balaban J connectivity index is 1.97. The maximum absolute atomic E-state index is 11.7. The molecule has 1 aromatic carbocycles. The Bertz CT molecular complexity index is 377. The second kappa shape index (κ2) is 5.30. The van der Waals surface area contributed by atoms with E-state index in [0.29, 0.717) is 17.0 Å². The van der Waals surface area contributed by atoms with E-state index in [1.807, 2.05) is 0 Å². The van der Waals surface area contributed by atoms with E-state index in [1.54, 1.807) is 24.3 Å². The zero-order valence-electron chi connectivity index (χ0n) is 8.61. The third kappa shape index (κ3) is 2.95. The molecule has 1 N–H and O–H groups in total. The Hall–Kier alpha value is -1.10. The normalized spacial score (nSPS) is 20.4. The van der Waals surface area contributed by atoms with Crippen LogP contribution in [-0.4, -0.2) is 18.8 Å². The van der Waals surface area contributed by atoms with Gasteiger partial charge in [-0.1, -0.05) is 17.7 Å². The molecule has 1 fully saturated rings. The molecule has 4 nitrogen and oxygen atoms in total. The van der Waals surface area contributed by atoms with Crippen molar-refractivity contribution in [1.82, 2.24) is 5.48 Å². The fourth-order valence-corrected chi connectivity index (χ4v) is 1.63. The van der Waals surface area contributed by atoms with Gasteiger partial charge in [0.1, 0.15) is 0 Å². The minimum Gasteiger partial charge on any atom is -0.430 e. The van der Waals surface area contributed by atoms with Crippen LogP contribution in [0.1, 0.15) is 23.2 Å².